The van der Waals surface area contributed by atoms with Crippen molar-refractivity contribution < 1.29 is 0 Å². The van der Waals surface area contributed by atoms with Crippen molar-refractivity contribution in [3.63, 3.8) is 0 Å². The van der Waals surface area contributed by atoms with Crippen molar-refractivity contribution in [2.24, 2.45) is 5.10 Å². The first-order valence-corrected chi connectivity index (χ1v) is 5.81. The maximum atomic E-state index is 6.05. The zero-order chi connectivity index (χ0) is 12.1. The number of benzene rings is 2. The van der Waals surface area contributed by atoms with Crippen LogP contribution in [0.4, 0.5) is 5.69 Å². The van der Waals surface area contributed by atoms with Crippen molar-refractivity contribution in [3.8, 4) is 0 Å². The first-order chi connectivity index (χ1) is 8.25. The number of hydrazone groups is 1. The molecule has 0 bridgehead atoms. The topological polar surface area (TPSA) is 24.4 Å². The molecule has 0 aliphatic rings. The quantitative estimate of drug-likeness (QED) is 0.647. The molecule has 0 atom stereocenters. The Labute approximate surface area is 110 Å². The standard InChI is InChI=1S/C13H10Cl2N2/c14-11-6-8-12(9-7-11)16-17-13(15)10-4-2-1-3-5-10/h1-9,16H/b17-13-. The minimum Gasteiger partial charge on any atom is -0.277 e. The Kier molecular flexibility index (Phi) is 4.02. The number of hydrogen-bond donors (Lipinski definition) is 1. The summed E-state index contributed by atoms with van der Waals surface area (Å²) in [5.41, 5.74) is 4.57. The monoisotopic (exact) mass is 264 g/mol. The van der Waals surface area contributed by atoms with Crippen molar-refractivity contribution in [1.29, 1.82) is 0 Å². The lowest BCUT2D eigenvalue weighted by molar-refractivity contribution is 1.34. The van der Waals surface area contributed by atoms with E-state index in [0.717, 1.165) is 11.3 Å². The zero-order valence-electron chi connectivity index (χ0n) is 8.90. The molecule has 0 spiro atoms. The lowest BCUT2D eigenvalue weighted by atomic mass is 10.2. The molecule has 17 heavy (non-hydrogen) atoms. The van der Waals surface area contributed by atoms with Gasteiger partial charge in [0.25, 0.3) is 0 Å². The summed E-state index contributed by atoms with van der Waals surface area (Å²) in [6, 6.07) is 16.8. The van der Waals surface area contributed by atoms with Crippen molar-refractivity contribution in [1.82, 2.24) is 0 Å². The molecule has 0 fully saturated rings. The second kappa shape index (κ2) is 5.71. The molecule has 2 nitrogen and oxygen atoms in total. The molecule has 0 amide bonds. The molecule has 1 N–H and O–H groups in total. The molecule has 86 valence electrons. The molecular weight excluding hydrogens is 255 g/mol. The van der Waals surface area contributed by atoms with Gasteiger partial charge < -0.3 is 0 Å². The third-order valence-corrected chi connectivity index (χ3v) is 2.69. The van der Waals surface area contributed by atoms with E-state index in [1.807, 2.05) is 42.5 Å². The van der Waals surface area contributed by atoms with Crippen molar-refractivity contribution in [3.05, 3.63) is 65.2 Å². The maximum Gasteiger partial charge on any atom is 0.156 e. The fourth-order valence-corrected chi connectivity index (χ4v) is 1.57. The van der Waals surface area contributed by atoms with Crippen LogP contribution in [0, 0.1) is 0 Å². The molecule has 0 saturated heterocycles. The SMILES string of the molecule is Cl/C(=N\Nc1ccc(Cl)cc1)c1ccccc1. The molecule has 0 radical (unpaired) electrons. The van der Waals surface area contributed by atoms with Gasteiger partial charge in [0.05, 0.1) is 5.69 Å². The van der Waals surface area contributed by atoms with E-state index in [-0.39, 0.29) is 0 Å². The molecule has 0 unspecified atom stereocenters. The largest absolute Gasteiger partial charge is 0.277 e. The van der Waals surface area contributed by atoms with Gasteiger partial charge in [-0.2, -0.15) is 5.10 Å². The summed E-state index contributed by atoms with van der Waals surface area (Å²) in [4.78, 5) is 0. The second-order valence-electron chi connectivity index (χ2n) is 3.39. The second-order valence-corrected chi connectivity index (χ2v) is 4.18. The van der Waals surface area contributed by atoms with Crippen LogP contribution in [-0.4, -0.2) is 5.17 Å². The molecule has 2 aromatic carbocycles. The molecule has 0 aliphatic carbocycles. The summed E-state index contributed by atoms with van der Waals surface area (Å²) in [6.45, 7) is 0. The van der Waals surface area contributed by atoms with Gasteiger partial charge in [0.1, 0.15) is 0 Å². The molecule has 0 saturated carbocycles. The summed E-state index contributed by atoms with van der Waals surface area (Å²) in [7, 11) is 0. The van der Waals surface area contributed by atoms with Gasteiger partial charge in [0, 0.05) is 10.6 Å². The van der Waals surface area contributed by atoms with E-state index in [4.69, 9.17) is 23.2 Å². The Balaban J connectivity index is 2.08. The molecule has 0 aromatic heterocycles. The highest BCUT2D eigenvalue weighted by Crippen LogP contribution is 2.14. The van der Waals surface area contributed by atoms with E-state index in [1.54, 1.807) is 12.1 Å². The Morgan fingerprint density at radius 2 is 1.59 bits per heavy atom. The number of hydrogen-bond acceptors (Lipinski definition) is 2. The molecule has 0 heterocycles. The summed E-state index contributed by atoms with van der Waals surface area (Å²) in [5, 5.41) is 5.19. The smallest absolute Gasteiger partial charge is 0.156 e. The van der Waals surface area contributed by atoms with Crippen LogP contribution >= 0.6 is 23.2 Å². The van der Waals surface area contributed by atoms with Crippen LogP contribution in [0.5, 0.6) is 0 Å². The van der Waals surface area contributed by atoms with Gasteiger partial charge in [-0.3, -0.25) is 5.43 Å². The van der Waals surface area contributed by atoms with E-state index >= 15 is 0 Å². The minimum atomic E-state index is 0.417. The fourth-order valence-electron chi connectivity index (χ4n) is 1.28. The first-order valence-electron chi connectivity index (χ1n) is 5.06. The summed E-state index contributed by atoms with van der Waals surface area (Å²) < 4.78 is 0. The van der Waals surface area contributed by atoms with E-state index in [2.05, 4.69) is 10.5 Å². The van der Waals surface area contributed by atoms with E-state index < -0.39 is 0 Å². The van der Waals surface area contributed by atoms with Gasteiger partial charge in [-0.15, -0.1) is 0 Å². The molecule has 4 heteroatoms. The average Bonchev–Trinajstić information content (AvgIpc) is 2.39. The van der Waals surface area contributed by atoms with Gasteiger partial charge in [-0.1, -0.05) is 53.5 Å². The van der Waals surface area contributed by atoms with Crippen LogP contribution in [0.25, 0.3) is 0 Å². The third-order valence-electron chi connectivity index (χ3n) is 2.14. The Bertz CT molecular complexity index is 507. The summed E-state index contributed by atoms with van der Waals surface area (Å²) in [5.74, 6) is 0. The number of anilines is 1. The lowest BCUT2D eigenvalue weighted by Gasteiger charge is -2.02. The highest BCUT2D eigenvalue weighted by molar-refractivity contribution is 6.69. The molecule has 2 rings (SSSR count). The zero-order valence-corrected chi connectivity index (χ0v) is 10.4. The summed E-state index contributed by atoms with van der Waals surface area (Å²) >= 11 is 11.8. The Hall–Kier alpha value is -1.51. The first kappa shape index (κ1) is 12.0. The van der Waals surface area contributed by atoms with Crippen LogP contribution in [-0.2, 0) is 0 Å². The lowest BCUT2D eigenvalue weighted by Crippen LogP contribution is -1.96. The van der Waals surface area contributed by atoms with Crippen molar-refractivity contribution >= 4 is 34.1 Å². The molecular formula is C13H10Cl2N2. The van der Waals surface area contributed by atoms with Crippen molar-refractivity contribution in [2.45, 2.75) is 0 Å². The number of nitrogens with zero attached hydrogens (tertiary/aromatic N) is 1. The Morgan fingerprint density at radius 3 is 2.24 bits per heavy atom. The van der Waals surface area contributed by atoms with Crippen LogP contribution in [0.1, 0.15) is 5.56 Å². The summed E-state index contributed by atoms with van der Waals surface area (Å²) in [6.07, 6.45) is 0. The van der Waals surface area contributed by atoms with E-state index in [9.17, 15) is 0 Å². The van der Waals surface area contributed by atoms with Gasteiger partial charge >= 0.3 is 0 Å². The number of halogens is 2. The van der Waals surface area contributed by atoms with E-state index in [1.165, 1.54) is 0 Å². The highest BCUT2D eigenvalue weighted by atomic mass is 35.5. The van der Waals surface area contributed by atoms with Gasteiger partial charge in [-0.05, 0) is 24.3 Å². The fraction of sp³-hybridized carbons (Fsp3) is 0. The molecule has 2 aromatic rings. The van der Waals surface area contributed by atoms with Crippen LogP contribution in [0.2, 0.25) is 5.02 Å². The molecule has 0 aliphatic heterocycles. The van der Waals surface area contributed by atoms with Gasteiger partial charge in [0.15, 0.2) is 5.17 Å². The minimum absolute atomic E-state index is 0.417. The van der Waals surface area contributed by atoms with Crippen LogP contribution in [0.15, 0.2) is 59.7 Å². The van der Waals surface area contributed by atoms with Gasteiger partial charge in [0.2, 0.25) is 0 Å². The predicted octanol–water partition coefficient (Wildman–Crippen LogP) is 4.35. The number of nitrogens with one attached hydrogen (secondary N) is 1. The third kappa shape index (κ3) is 3.48. The number of rotatable bonds is 3. The average molecular weight is 265 g/mol. The highest BCUT2D eigenvalue weighted by Gasteiger charge is 1.98. The predicted molar refractivity (Wildman–Crippen MR) is 73.9 cm³/mol. The van der Waals surface area contributed by atoms with Crippen molar-refractivity contribution in [2.75, 3.05) is 5.43 Å². The normalized spacial score (nSPS) is 11.3. The van der Waals surface area contributed by atoms with Gasteiger partial charge in [-0.25, -0.2) is 0 Å². The van der Waals surface area contributed by atoms with E-state index in [0.29, 0.717) is 10.2 Å². The Morgan fingerprint density at radius 1 is 0.941 bits per heavy atom. The van der Waals surface area contributed by atoms with Crippen LogP contribution < -0.4 is 5.43 Å². The maximum absolute atomic E-state index is 6.05. The van der Waals surface area contributed by atoms with Crippen LogP contribution in [0.3, 0.4) is 0 Å².